The van der Waals surface area contributed by atoms with Crippen molar-refractivity contribution in [3.63, 3.8) is 0 Å². The molecular formula is C14H20FNO. The summed E-state index contributed by atoms with van der Waals surface area (Å²) in [7, 11) is 0. The lowest BCUT2D eigenvalue weighted by Gasteiger charge is -2.27. The average molecular weight is 237 g/mol. The molecule has 1 N–H and O–H groups in total. The minimum absolute atomic E-state index is 0.281. The quantitative estimate of drug-likeness (QED) is 0.849. The molecule has 2 nitrogen and oxygen atoms in total. The van der Waals surface area contributed by atoms with Gasteiger partial charge in [-0.25, -0.2) is 4.39 Å². The highest BCUT2D eigenvalue weighted by molar-refractivity contribution is 5.56. The van der Waals surface area contributed by atoms with E-state index in [4.69, 9.17) is 0 Å². The van der Waals surface area contributed by atoms with Crippen LogP contribution in [-0.4, -0.2) is 17.7 Å². The van der Waals surface area contributed by atoms with Crippen molar-refractivity contribution in [1.82, 2.24) is 0 Å². The van der Waals surface area contributed by atoms with Crippen LogP contribution >= 0.6 is 0 Å². The third-order valence-corrected chi connectivity index (χ3v) is 3.20. The molecule has 1 aromatic carbocycles. The fourth-order valence-corrected chi connectivity index (χ4v) is 2.25. The normalized spacial score (nSPS) is 16.9. The molecule has 0 amide bonds. The molecule has 1 aliphatic rings. The molecule has 94 valence electrons. The predicted octanol–water partition coefficient (Wildman–Crippen LogP) is 3.26. The minimum Gasteiger partial charge on any atom is -0.389 e. The number of hydrogen-bond donors (Lipinski definition) is 1. The highest BCUT2D eigenvalue weighted by atomic mass is 19.1. The summed E-state index contributed by atoms with van der Waals surface area (Å²) in [4.78, 5) is 2.31. The molecule has 0 radical (unpaired) electrons. The number of benzene rings is 1. The van der Waals surface area contributed by atoms with E-state index in [9.17, 15) is 9.50 Å². The number of nitrogens with zero attached hydrogens (tertiary/aromatic N) is 1. The molecule has 0 aliphatic heterocycles. The highest BCUT2D eigenvalue weighted by Crippen LogP contribution is 2.36. The van der Waals surface area contributed by atoms with Crippen LogP contribution in [-0.2, 0) is 0 Å². The zero-order valence-electron chi connectivity index (χ0n) is 10.5. The van der Waals surface area contributed by atoms with Gasteiger partial charge in [-0.2, -0.15) is 0 Å². The van der Waals surface area contributed by atoms with Gasteiger partial charge in [-0.15, -0.1) is 0 Å². The van der Waals surface area contributed by atoms with Crippen LogP contribution in [0, 0.1) is 5.82 Å². The van der Waals surface area contributed by atoms with Gasteiger partial charge in [0, 0.05) is 23.8 Å². The van der Waals surface area contributed by atoms with E-state index in [1.165, 1.54) is 25.0 Å². The molecule has 1 aliphatic carbocycles. The van der Waals surface area contributed by atoms with Crippen LogP contribution in [0.15, 0.2) is 18.2 Å². The standard InChI is InChI=1S/C14H20FNO/c1-3-8-16(12-5-6-12)14-7-4-11(15)9-13(14)10(2)17/h4,7,9-10,12,17H,3,5-6,8H2,1-2H3. The van der Waals surface area contributed by atoms with Crippen molar-refractivity contribution in [3.05, 3.63) is 29.6 Å². The number of rotatable bonds is 5. The van der Waals surface area contributed by atoms with E-state index in [1.54, 1.807) is 13.0 Å². The Bertz CT molecular complexity index is 388. The van der Waals surface area contributed by atoms with Gasteiger partial charge in [0.05, 0.1) is 6.10 Å². The van der Waals surface area contributed by atoms with E-state index in [2.05, 4.69) is 11.8 Å². The summed E-state index contributed by atoms with van der Waals surface area (Å²) in [6.07, 6.45) is 2.85. The molecule has 0 aromatic heterocycles. The van der Waals surface area contributed by atoms with Gasteiger partial charge in [-0.05, 0) is 44.4 Å². The Balaban J connectivity index is 2.34. The molecule has 3 heteroatoms. The third kappa shape index (κ3) is 2.78. The summed E-state index contributed by atoms with van der Waals surface area (Å²) in [5.74, 6) is -0.281. The lowest BCUT2D eigenvalue weighted by atomic mass is 10.1. The maximum Gasteiger partial charge on any atom is 0.123 e. The van der Waals surface area contributed by atoms with Gasteiger partial charge in [0.15, 0.2) is 0 Å². The van der Waals surface area contributed by atoms with Gasteiger partial charge >= 0.3 is 0 Å². The first-order chi connectivity index (χ1) is 8.13. The first-order valence-corrected chi connectivity index (χ1v) is 6.37. The van der Waals surface area contributed by atoms with Gasteiger partial charge < -0.3 is 10.0 Å². The van der Waals surface area contributed by atoms with E-state index < -0.39 is 6.10 Å². The second-order valence-corrected chi connectivity index (χ2v) is 4.80. The Morgan fingerprint density at radius 3 is 2.71 bits per heavy atom. The third-order valence-electron chi connectivity index (χ3n) is 3.20. The fourth-order valence-electron chi connectivity index (χ4n) is 2.25. The number of hydrogen-bond acceptors (Lipinski definition) is 2. The average Bonchev–Trinajstić information content (AvgIpc) is 3.10. The molecule has 1 atom stereocenters. The van der Waals surface area contributed by atoms with Gasteiger partial charge in [0.1, 0.15) is 5.82 Å². The van der Waals surface area contributed by atoms with Gasteiger partial charge in [-0.3, -0.25) is 0 Å². The lowest BCUT2D eigenvalue weighted by molar-refractivity contribution is 0.199. The molecule has 0 bridgehead atoms. The zero-order valence-corrected chi connectivity index (χ0v) is 10.5. The smallest absolute Gasteiger partial charge is 0.123 e. The second-order valence-electron chi connectivity index (χ2n) is 4.80. The first-order valence-electron chi connectivity index (χ1n) is 6.37. The molecule has 1 saturated carbocycles. The van der Waals surface area contributed by atoms with E-state index in [0.29, 0.717) is 11.6 Å². The maximum absolute atomic E-state index is 13.2. The number of aliphatic hydroxyl groups excluding tert-OH is 1. The Labute approximate surface area is 102 Å². The SMILES string of the molecule is CCCN(c1ccc(F)cc1C(C)O)C1CC1. The van der Waals surface area contributed by atoms with E-state index >= 15 is 0 Å². The second kappa shape index (κ2) is 5.05. The van der Waals surface area contributed by atoms with Crippen molar-refractivity contribution in [2.75, 3.05) is 11.4 Å². The van der Waals surface area contributed by atoms with Crippen molar-refractivity contribution in [1.29, 1.82) is 0 Å². The van der Waals surface area contributed by atoms with Crippen LogP contribution in [0.3, 0.4) is 0 Å². The van der Waals surface area contributed by atoms with Crippen molar-refractivity contribution >= 4 is 5.69 Å². The fraction of sp³-hybridized carbons (Fsp3) is 0.571. The molecule has 0 saturated heterocycles. The molecule has 1 fully saturated rings. The van der Waals surface area contributed by atoms with Crippen molar-refractivity contribution in [2.24, 2.45) is 0 Å². The lowest BCUT2D eigenvalue weighted by Crippen LogP contribution is -2.27. The Morgan fingerprint density at radius 2 is 2.18 bits per heavy atom. The largest absolute Gasteiger partial charge is 0.389 e. The number of anilines is 1. The number of halogens is 1. The van der Waals surface area contributed by atoms with Crippen LogP contribution in [0.25, 0.3) is 0 Å². The van der Waals surface area contributed by atoms with Gasteiger partial charge in [0.2, 0.25) is 0 Å². The molecular weight excluding hydrogens is 217 g/mol. The summed E-state index contributed by atoms with van der Waals surface area (Å²) in [6.45, 7) is 4.80. The molecule has 2 rings (SSSR count). The molecule has 0 spiro atoms. The Morgan fingerprint density at radius 1 is 1.47 bits per heavy atom. The maximum atomic E-state index is 13.2. The van der Waals surface area contributed by atoms with Crippen LogP contribution < -0.4 is 4.90 Å². The molecule has 1 aromatic rings. The first kappa shape index (κ1) is 12.4. The molecule has 1 unspecified atom stereocenters. The van der Waals surface area contributed by atoms with Crippen molar-refractivity contribution in [3.8, 4) is 0 Å². The summed E-state index contributed by atoms with van der Waals surface area (Å²) in [5.41, 5.74) is 1.69. The van der Waals surface area contributed by atoms with Crippen LogP contribution in [0.4, 0.5) is 10.1 Å². The molecule has 17 heavy (non-hydrogen) atoms. The summed E-state index contributed by atoms with van der Waals surface area (Å²) in [5, 5.41) is 9.75. The highest BCUT2D eigenvalue weighted by Gasteiger charge is 2.30. The summed E-state index contributed by atoms with van der Waals surface area (Å²) >= 11 is 0. The van der Waals surface area contributed by atoms with E-state index in [1.807, 2.05) is 0 Å². The van der Waals surface area contributed by atoms with Crippen molar-refractivity contribution < 1.29 is 9.50 Å². The predicted molar refractivity (Wildman–Crippen MR) is 67.7 cm³/mol. The molecule has 0 heterocycles. The Hall–Kier alpha value is -1.09. The Kier molecular flexibility index (Phi) is 3.67. The topological polar surface area (TPSA) is 23.5 Å². The monoisotopic (exact) mass is 237 g/mol. The van der Waals surface area contributed by atoms with E-state index in [0.717, 1.165) is 18.7 Å². The minimum atomic E-state index is -0.626. The van der Waals surface area contributed by atoms with Crippen LogP contribution in [0.1, 0.15) is 44.8 Å². The van der Waals surface area contributed by atoms with E-state index in [-0.39, 0.29) is 5.82 Å². The van der Waals surface area contributed by atoms with Gasteiger partial charge in [0.25, 0.3) is 0 Å². The van der Waals surface area contributed by atoms with Crippen molar-refractivity contribution in [2.45, 2.75) is 45.3 Å². The number of aliphatic hydroxyl groups is 1. The zero-order chi connectivity index (χ0) is 12.4. The summed E-state index contributed by atoms with van der Waals surface area (Å²) < 4.78 is 13.2. The van der Waals surface area contributed by atoms with Crippen LogP contribution in [0.2, 0.25) is 0 Å². The summed E-state index contributed by atoms with van der Waals surface area (Å²) in [6, 6.07) is 5.31. The van der Waals surface area contributed by atoms with Crippen LogP contribution in [0.5, 0.6) is 0 Å². The van der Waals surface area contributed by atoms with Gasteiger partial charge in [-0.1, -0.05) is 6.92 Å².